The first-order chi connectivity index (χ1) is 10.1. The van der Waals surface area contributed by atoms with E-state index >= 15 is 0 Å². The van der Waals surface area contributed by atoms with Crippen molar-refractivity contribution in [2.45, 2.75) is 39.3 Å². The van der Waals surface area contributed by atoms with E-state index in [1.54, 1.807) is 13.3 Å². The number of aromatic nitrogens is 4. The summed E-state index contributed by atoms with van der Waals surface area (Å²) < 4.78 is 9.57. The van der Waals surface area contributed by atoms with Crippen LogP contribution in [0.2, 0.25) is 0 Å². The predicted molar refractivity (Wildman–Crippen MR) is 82.5 cm³/mol. The third-order valence-corrected chi connectivity index (χ3v) is 3.53. The van der Waals surface area contributed by atoms with Gasteiger partial charge in [-0.25, -0.2) is 4.98 Å². The van der Waals surface area contributed by atoms with Crippen molar-refractivity contribution < 1.29 is 4.74 Å². The standard InChI is InChI=1S/C15H25N5O/c1-6-7-17-14(12-8-16-10-19(12)4)15-13(21-5)9-18-20(15)11(2)3/h8-11,14,17H,6-7H2,1-5H3. The lowest BCUT2D eigenvalue weighted by Gasteiger charge is -2.23. The molecule has 6 heteroatoms. The van der Waals surface area contributed by atoms with Gasteiger partial charge in [0.25, 0.3) is 0 Å². The Morgan fingerprint density at radius 1 is 1.33 bits per heavy atom. The number of ether oxygens (including phenoxy) is 1. The third kappa shape index (κ3) is 3.10. The molecule has 116 valence electrons. The van der Waals surface area contributed by atoms with Gasteiger partial charge in [0.05, 0.1) is 37.6 Å². The van der Waals surface area contributed by atoms with Crippen LogP contribution >= 0.6 is 0 Å². The van der Waals surface area contributed by atoms with Crippen LogP contribution < -0.4 is 10.1 Å². The fourth-order valence-electron chi connectivity index (χ4n) is 2.47. The topological polar surface area (TPSA) is 56.9 Å². The maximum atomic E-state index is 5.52. The van der Waals surface area contributed by atoms with Crippen LogP contribution in [0.3, 0.4) is 0 Å². The third-order valence-electron chi connectivity index (χ3n) is 3.53. The molecule has 21 heavy (non-hydrogen) atoms. The summed E-state index contributed by atoms with van der Waals surface area (Å²) in [6, 6.07) is 0.278. The Labute approximate surface area is 126 Å². The van der Waals surface area contributed by atoms with E-state index in [-0.39, 0.29) is 12.1 Å². The summed E-state index contributed by atoms with van der Waals surface area (Å²) >= 11 is 0. The van der Waals surface area contributed by atoms with Gasteiger partial charge in [0.2, 0.25) is 0 Å². The SMILES string of the molecule is CCCNC(c1cncn1C)c1c(OC)cnn1C(C)C. The molecule has 2 aromatic rings. The molecular formula is C15H25N5O. The van der Waals surface area contributed by atoms with E-state index in [0.29, 0.717) is 0 Å². The van der Waals surface area contributed by atoms with Gasteiger partial charge < -0.3 is 14.6 Å². The molecule has 0 bridgehead atoms. The van der Waals surface area contributed by atoms with E-state index in [9.17, 15) is 0 Å². The number of nitrogens with zero attached hydrogens (tertiary/aromatic N) is 4. The molecule has 0 amide bonds. The summed E-state index contributed by atoms with van der Waals surface area (Å²) in [6.45, 7) is 7.32. The minimum Gasteiger partial charge on any atom is -0.493 e. The Hall–Kier alpha value is -1.82. The minimum atomic E-state index is 0.0114. The van der Waals surface area contributed by atoms with E-state index < -0.39 is 0 Å². The number of imidazole rings is 1. The van der Waals surface area contributed by atoms with Crippen LogP contribution in [0, 0.1) is 0 Å². The highest BCUT2D eigenvalue weighted by atomic mass is 16.5. The molecule has 6 nitrogen and oxygen atoms in total. The van der Waals surface area contributed by atoms with Gasteiger partial charge in [-0.05, 0) is 26.8 Å². The second-order valence-electron chi connectivity index (χ2n) is 5.45. The average molecular weight is 291 g/mol. The Morgan fingerprint density at radius 3 is 2.62 bits per heavy atom. The molecule has 0 aliphatic carbocycles. The number of methoxy groups -OCH3 is 1. The van der Waals surface area contributed by atoms with Gasteiger partial charge in [0.1, 0.15) is 5.69 Å². The number of hydrogen-bond acceptors (Lipinski definition) is 4. The molecule has 1 unspecified atom stereocenters. The Bertz CT molecular complexity index is 572. The highest BCUT2D eigenvalue weighted by Crippen LogP contribution is 2.31. The van der Waals surface area contributed by atoms with E-state index in [2.05, 4.69) is 36.2 Å². The van der Waals surface area contributed by atoms with Crippen LogP contribution in [0.25, 0.3) is 0 Å². The summed E-state index contributed by atoms with van der Waals surface area (Å²) in [5.74, 6) is 0.804. The number of rotatable bonds is 7. The van der Waals surface area contributed by atoms with Crippen molar-refractivity contribution in [1.29, 1.82) is 0 Å². The first-order valence-electron chi connectivity index (χ1n) is 7.41. The summed E-state index contributed by atoms with van der Waals surface area (Å²) in [6.07, 6.45) is 6.56. The summed E-state index contributed by atoms with van der Waals surface area (Å²) in [5, 5.41) is 8.06. The zero-order chi connectivity index (χ0) is 15.4. The lowest BCUT2D eigenvalue weighted by atomic mass is 10.1. The molecule has 2 rings (SSSR count). The van der Waals surface area contributed by atoms with E-state index in [4.69, 9.17) is 4.74 Å². The van der Waals surface area contributed by atoms with Gasteiger partial charge >= 0.3 is 0 Å². The highest BCUT2D eigenvalue weighted by molar-refractivity contribution is 5.34. The van der Waals surface area contributed by atoms with Crippen LogP contribution in [0.1, 0.15) is 50.7 Å². The van der Waals surface area contributed by atoms with E-state index in [0.717, 1.165) is 30.1 Å². The van der Waals surface area contributed by atoms with Gasteiger partial charge in [-0.1, -0.05) is 6.92 Å². The van der Waals surface area contributed by atoms with E-state index in [1.165, 1.54) is 0 Å². The maximum absolute atomic E-state index is 5.52. The minimum absolute atomic E-state index is 0.0114. The van der Waals surface area contributed by atoms with Crippen molar-refractivity contribution in [2.75, 3.05) is 13.7 Å². The normalized spacial score (nSPS) is 12.9. The van der Waals surface area contributed by atoms with Crippen molar-refractivity contribution in [2.24, 2.45) is 7.05 Å². The monoisotopic (exact) mass is 291 g/mol. The zero-order valence-electron chi connectivity index (χ0n) is 13.5. The van der Waals surface area contributed by atoms with E-state index in [1.807, 2.05) is 28.8 Å². The quantitative estimate of drug-likeness (QED) is 0.850. The molecular weight excluding hydrogens is 266 g/mol. The number of nitrogens with one attached hydrogen (secondary N) is 1. The smallest absolute Gasteiger partial charge is 0.162 e. The van der Waals surface area contributed by atoms with Crippen molar-refractivity contribution in [3.05, 3.63) is 30.1 Å². The summed E-state index contributed by atoms with van der Waals surface area (Å²) in [5.41, 5.74) is 2.15. The first kappa shape index (κ1) is 15.6. The number of aryl methyl sites for hydroxylation is 1. The zero-order valence-corrected chi connectivity index (χ0v) is 13.5. The summed E-state index contributed by atoms with van der Waals surface area (Å²) in [4.78, 5) is 4.24. The van der Waals surface area contributed by atoms with Crippen LogP contribution in [-0.4, -0.2) is 33.0 Å². The fraction of sp³-hybridized carbons (Fsp3) is 0.600. The Kier molecular flexibility index (Phi) is 5.01. The molecule has 0 aromatic carbocycles. The molecule has 2 heterocycles. The molecule has 2 aromatic heterocycles. The second kappa shape index (κ2) is 6.76. The largest absolute Gasteiger partial charge is 0.493 e. The average Bonchev–Trinajstić information content (AvgIpc) is 3.06. The van der Waals surface area contributed by atoms with Gasteiger partial charge in [0.15, 0.2) is 5.75 Å². The Balaban J connectivity index is 2.50. The predicted octanol–water partition coefficient (Wildman–Crippen LogP) is 2.30. The molecule has 0 saturated heterocycles. The molecule has 1 N–H and O–H groups in total. The second-order valence-corrected chi connectivity index (χ2v) is 5.45. The van der Waals surface area contributed by atoms with Crippen LogP contribution in [-0.2, 0) is 7.05 Å². The maximum Gasteiger partial charge on any atom is 0.162 e. The van der Waals surface area contributed by atoms with Crippen molar-refractivity contribution in [1.82, 2.24) is 24.6 Å². The Morgan fingerprint density at radius 2 is 2.10 bits per heavy atom. The van der Waals surface area contributed by atoms with Gasteiger partial charge in [-0.15, -0.1) is 0 Å². The molecule has 0 radical (unpaired) electrons. The lowest BCUT2D eigenvalue weighted by molar-refractivity contribution is 0.391. The molecule has 1 atom stereocenters. The molecule has 0 aliphatic rings. The fourth-order valence-corrected chi connectivity index (χ4v) is 2.47. The van der Waals surface area contributed by atoms with Crippen LogP contribution in [0.15, 0.2) is 18.7 Å². The first-order valence-corrected chi connectivity index (χ1v) is 7.41. The van der Waals surface area contributed by atoms with Crippen molar-refractivity contribution >= 4 is 0 Å². The molecule has 0 aliphatic heterocycles. The van der Waals surface area contributed by atoms with Gasteiger partial charge in [0, 0.05) is 13.1 Å². The van der Waals surface area contributed by atoms with Crippen molar-refractivity contribution in [3.8, 4) is 5.75 Å². The number of hydrogen-bond donors (Lipinski definition) is 1. The lowest BCUT2D eigenvalue weighted by Crippen LogP contribution is -2.28. The van der Waals surface area contributed by atoms with Gasteiger partial charge in [-0.2, -0.15) is 5.10 Å². The molecule has 0 spiro atoms. The van der Waals surface area contributed by atoms with Crippen LogP contribution in [0.4, 0.5) is 0 Å². The summed E-state index contributed by atoms with van der Waals surface area (Å²) in [7, 11) is 3.69. The van der Waals surface area contributed by atoms with Gasteiger partial charge in [-0.3, -0.25) is 4.68 Å². The molecule has 0 saturated carbocycles. The highest BCUT2D eigenvalue weighted by Gasteiger charge is 2.26. The van der Waals surface area contributed by atoms with Crippen LogP contribution in [0.5, 0.6) is 5.75 Å². The molecule has 0 fully saturated rings. The van der Waals surface area contributed by atoms with Crippen molar-refractivity contribution in [3.63, 3.8) is 0 Å².